The molecule has 2 aliphatic heterocycles. The highest BCUT2D eigenvalue weighted by Gasteiger charge is 2.28. The maximum atomic E-state index is 12.7. The van der Waals surface area contributed by atoms with Crippen molar-refractivity contribution in [1.82, 2.24) is 25.1 Å². The number of piperazine rings is 1. The van der Waals surface area contributed by atoms with Crippen LogP contribution in [0.25, 0.3) is 0 Å². The van der Waals surface area contributed by atoms with Gasteiger partial charge in [0.15, 0.2) is 5.82 Å². The van der Waals surface area contributed by atoms with Crippen LogP contribution in [0.3, 0.4) is 0 Å². The number of rotatable bonds is 5. The van der Waals surface area contributed by atoms with Gasteiger partial charge in [-0.05, 0) is 56.7 Å². The van der Waals surface area contributed by atoms with Crippen molar-refractivity contribution in [2.75, 3.05) is 42.5 Å². The Hall–Kier alpha value is -3.55. The molecule has 8 nitrogen and oxygen atoms in total. The van der Waals surface area contributed by atoms with Gasteiger partial charge in [-0.3, -0.25) is 4.79 Å². The second kappa shape index (κ2) is 10.6. The summed E-state index contributed by atoms with van der Waals surface area (Å²) in [6, 6.07) is 10.6. The number of hydrogen-bond acceptors (Lipinski definition) is 7. The van der Waals surface area contributed by atoms with Gasteiger partial charge >= 0.3 is 0 Å². The molecule has 2 fully saturated rings. The van der Waals surface area contributed by atoms with Crippen molar-refractivity contribution >= 4 is 17.5 Å². The molecule has 36 heavy (non-hydrogen) atoms. The fourth-order valence-corrected chi connectivity index (χ4v) is 5.23. The van der Waals surface area contributed by atoms with Crippen molar-refractivity contribution in [3.8, 4) is 0 Å². The molecule has 0 unspecified atom stereocenters. The predicted octanol–water partition coefficient (Wildman–Crippen LogP) is 3.82. The van der Waals surface area contributed by atoms with Gasteiger partial charge in [0.2, 0.25) is 0 Å². The number of carbonyl (C=O) groups excluding carboxylic acids is 1. The van der Waals surface area contributed by atoms with Crippen LogP contribution >= 0.6 is 0 Å². The summed E-state index contributed by atoms with van der Waals surface area (Å²) in [5.41, 5.74) is 5.11. The van der Waals surface area contributed by atoms with E-state index in [-0.39, 0.29) is 11.9 Å². The Kier molecular flexibility index (Phi) is 7.11. The summed E-state index contributed by atoms with van der Waals surface area (Å²) in [7, 11) is 0. The quantitative estimate of drug-likeness (QED) is 0.544. The molecule has 2 aliphatic rings. The average molecular weight is 486 g/mol. The summed E-state index contributed by atoms with van der Waals surface area (Å²) < 4.78 is 0. The predicted molar refractivity (Wildman–Crippen MR) is 142 cm³/mol. The van der Waals surface area contributed by atoms with Gasteiger partial charge in [-0.25, -0.2) is 9.97 Å². The van der Waals surface area contributed by atoms with E-state index in [0.717, 1.165) is 69.3 Å². The van der Waals surface area contributed by atoms with Crippen molar-refractivity contribution < 1.29 is 4.79 Å². The van der Waals surface area contributed by atoms with Gasteiger partial charge in [0.05, 0.1) is 18.1 Å². The normalized spacial score (nSPS) is 18.4. The van der Waals surface area contributed by atoms with Gasteiger partial charge in [0.25, 0.3) is 5.91 Å². The number of anilines is 2. The molecule has 8 heteroatoms. The Morgan fingerprint density at radius 2 is 1.69 bits per heavy atom. The molecule has 2 aromatic heterocycles. The molecular weight excluding hydrogens is 450 g/mol. The average Bonchev–Trinajstić information content (AvgIpc) is 2.92. The van der Waals surface area contributed by atoms with Crippen LogP contribution in [0.5, 0.6) is 0 Å². The monoisotopic (exact) mass is 485 g/mol. The minimum absolute atomic E-state index is 0.00764. The van der Waals surface area contributed by atoms with Crippen LogP contribution in [0.1, 0.15) is 59.1 Å². The number of nitrogens with zero attached hydrogens (tertiary/aromatic N) is 7. The maximum absolute atomic E-state index is 12.7. The Balaban J connectivity index is 1.24. The van der Waals surface area contributed by atoms with Gasteiger partial charge < -0.3 is 14.7 Å². The van der Waals surface area contributed by atoms with E-state index in [1.54, 1.807) is 12.4 Å². The van der Waals surface area contributed by atoms with Crippen molar-refractivity contribution in [2.24, 2.45) is 0 Å². The fourth-order valence-electron chi connectivity index (χ4n) is 5.23. The number of carbonyl (C=O) groups is 1. The third-order valence-electron chi connectivity index (χ3n) is 7.53. The van der Waals surface area contributed by atoms with Crippen molar-refractivity contribution in [3.63, 3.8) is 0 Å². The van der Waals surface area contributed by atoms with E-state index < -0.39 is 0 Å². The molecule has 1 aromatic carbocycles. The van der Waals surface area contributed by atoms with Crippen LogP contribution in [0, 0.1) is 13.8 Å². The van der Waals surface area contributed by atoms with Crippen molar-refractivity contribution in [2.45, 2.75) is 52.5 Å². The molecule has 3 aromatic rings. The lowest BCUT2D eigenvalue weighted by Crippen LogP contribution is -2.53. The Bertz CT molecular complexity index is 1190. The van der Waals surface area contributed by atoms with Gasteiger partial charge in [0, 0.05) is 45.2 Å². The highest BCUT2D eigenvalue weighted by Crippen LogP contribution is 2.26. The number of likely N-dealkylation sites (tertiary alicyclic amines) is 1. The lowest BCUT2D eigenvalue weighted by atomic mass is 10.0. The summed E-state index contributed by atoms with van der Waals surface area (Å²) in [5.74, 6) is 1.77. The number of amides is 1. The Labute approximate surface area is 213 Å². The zero-order chi connectivity index (χ0) is 25.1. The summed E-state index contributed by atoms with van der Waals surface area (Å²) in [5, 5.41) is 9.27. The minimum Gasteiger partial charge on any atom is -0.351 e. The lowest BCUT2D eigenvalue weighted by Gasteiger charge is -2.41. The summed E-state index contributed by atoms with van der Waals surface area (Å²) >= 11 is 0. The molecule has 5 rings (SSSR count). The smallest absolute Gasteiger partial charge is 0.274 e. The first-order chi connectivity index (χ1) is 17.5. The molecule has 1 amide bonds. The highest BCUT2D eigenvalue weighted by atomic mass is 16.2. The Morgan fingerprint density at radius 1 is 0.917 bits per heavy atom. The standard InChI is InChI=1S/C28H35N7O/c1-20-19-34(27-22(3)21(2)24(31-32-27)16-23-10-6-4-7-11-23)14-15-35(20)26-18-29-25(17-30-26)28(36)33-12-8-5-9-13-33/h4,6-7,10-11,17-18,20H,5,8-9,12-16,19H2,1-3H3/t20-/m1/s1. The zero-order valence-corrected chi connectivity index (χ0v) is 21.5. The van der Waals surface area contributed by atoms with E-state index in [0.29, 0.717) is 5.69 Å². The van der Waals surface area contributed by atoms with Gasteiger partial charge in [0.1, 0.15) is 11.5 Å². The molecule has 0 aliphatic carbocycles. The largest absolute Gasteiger partial charge is 0.351 e. The zero-order valence-electron chi connectivity index (χ0n) is 21.5. The number of hydrogen-bond donors (Lipinski definition) is 0. The first-order valence-electron chi connectivity index (χ1n) is 13.0. The molecule has 2 saturated heterocycles. The topological polar surface area (TPSA) is 78.4 Å². The summed E-state index contributed by atoms with van der Waals surface area (Å²) in [4.78, 5) is 28.3. The third kappa shape index (κ3) is 5.03. The maximum Gasteiger partial charge on any atom is 0.274 e. The number of aromatic nitrogens is 4. The molecule has 0 bridgehead atoms. The molecular formula is C28H35N7O. The minimum atomic E-state index is -0.00764. The van der Waals surface area contributed by atoms with Crippen molar-refractivity contribution in [3.05, 3.63) is 70.8 Å². The lowest BCUT2D eigenvalue weighted by molar-refractivity contribution is 0.0718. The van der Waals surface area contributed by atoms with E-state index in [9.17, 15) is 4.79 Å². The molecule has 0 radical (unpaired) electrons. The van der Waals surface area contributed by atoms with E-state index >= 15 is 0 Å². The Morgan fingerprint density at radius 3 is 2.39 bits per heavy atom. The third-order valence-corrected chi connectivity index (χ3v) is 7.53. The van der Waals surface area contributed by atoms with Gasteiger partial charge in [-0.15, -0.1) is 5.10 Å². The summed E-state index contributed by atoms with van der Waals surface area (Å²) in [6.07, 6.45) is 7.50. The van der Waals surface area contributed by atoms with Gasteiger partial charge in [-0.2, -0.15) is 5.10 Å². The second-order valence-corrected chi connectivity index (χ2v) is 9.98. The van der Waals surface area contributed by atoms with Crippen LogP contribution in [-0.2, 0) is 6.42 Å². The van der Waals surface area contributed by atoms with E-state index in [4.69, 9.17) is 0 Å². The van der Waals surface area contributed by atoms with Crippen LogP contribution in [-0.4, -0.2) is 69.7 Å². The molecule has 0 saturated carbocycles. The van der Waals surface area contributed by atoms with Crippen LogP contribution < -0.4 is 9.80 Å². The second-order valence-electron chi connectivity index (χ2n) is 9.98. The molecule has 1 atom stereocenters. The van der Waals surface area contributed by atoms with E-state index in [2.05, 4.69) is 75.0 Å². The molecule has 0 N–H and O–H groups in total. The molecule has 188 valence electrons. The first-order valence-corrected chi connectivity index (χ1v) is 13.0. The summed E-state index contributed by atoms with van der Waals surface area (Å²) in [6.45, 7) is 10.6. The highest BCUT2D eigenvalue weighted by molar-refractivity contribution is 5.92. The molecule has 0 spiro atoms. The van der Waals surface area contributed by atoms with E-state index in [1.807, 2.05) is 11.0 Å². The van der Waals surface area contributed by atoms with Crippen molar-refractivity contribution in [1.29, 1.82) is 0 Å². The number of piperidine rings is 1. The SMILES string of the molecule is Cc1c(Cc2ccccc2)nnc(N2CCN(c3cnc(C(=O)N4CCCCC4)cn3)[C@H](C)C2)c1C. The fraction of sp³-hybridized carbons (Fsp3) is 0.464. The van der Waals surface area contributed by atoms with Gasteiger partial charge in [-0.1, -0.05) is 30.3 Å². The van der Waals surface area contributed by atoms with Crippen LogP contribution in [0.2, 0.25) is 0 Å². The van der Waals surface area contributed by atoms with E-state index in [1.165, 1.54) is 23.1 Å². The number of benzene rings is 1. The first kappa shape index (κ1) is 24.2. The molecule has 4 heterocycles. The van der Waals surface area contributed by atoms with Crippen LogP contribution in [0.15, 0.2) is 42.7 Å². The van der Waals surface area contributed by atoms with Crippen LogP contribution in [0.4, 0.5) is 11.6 Å².